The molecular weight excluding hydrogens is 364 g/mol. The summed E-state index contributed by atoms with van der Waals surface area (Å²) in [5.41, 5.74) is -2.37. The van der Waals surface area contributed by atoms with Crippen LogP contribution in [0.1, 0.15) is 27.7 Å². The second-order valence-electron chi connectivity index (χ2n) is 8.36. The van der Waals surface area contributed by atoms with Gasteiger partial charge in [0.2, 0.25) is 0 Å². The molecule has 2 rings (SSSR count). The molecule has 27 heavy (non-hydrogen) atoms. The maximum atomic E-state index is 10.7. The fourth-order valence-electron chi connectivity index (χ4n) is 3.65. The highest BCUT2D eigenvalue weighted by Crippen LogP contribution is 2.43. The predicted molar refractivity (Wildman–Crippen MR) is 90.5 cm³/mol. The molecule has 10 nitrogen and oxygen atoms in total. The van der Waals surface area contributed by atoms with E-state index < -0.39 is 72.7 Å². The van der Waals surface area contributed by atoms with Gasteiger partial charge in [-0.05, 0) is 20.8 Å². The molecule has 0 aromatic carbocycles. The molecule has 2 aliphatic rings. The summed E-state index contributed by atoms with van der Waals surface area (Å²) >= 11 is 0. The molecule has 160 valence electrons. The van der Waals surface area contributed by atoms with Crippen LogP contribution in [0.4, 0.5) is 0 Å². The van der Waals surface area contributed by atoms with Gasteiger partial charge in [-0.2, -0.15) is 0 Å². The average Bonchev–Trinajstić information content (AvgIpc) is 2.63. The van der Waals surface area contributed by atoms with Gasteiger partial charge in [0, 0.05) is 5.41 Å². The van der Waals surface area contributed by atoms with Crippen LogP contribution in [0.5, 0.6) is 0 Å². The van der Waals surface area contributed by atoms with E-state index in [1.165, 1.54) is 6.92 Å². The van der Waals surface area contributed by atoms with Gasteiger partial charge in [-0.15, -0.1) is 0 Å². The maximum absolute atomic E-state index is 10.7. The van der Waals surface area contributed by atoms with Crippen LogP contribution in [0.15, 0.2) is 0 Å². The van der Waals surface area contributed by atoms with Crippen molar-refractivity contribution in [3.05, 3.63) is 0 Å². The Kier molecular flexibility index (Phi) is 6.60. The Bertz CT molecular complexity index is 510. The monoisotopic (exact) mass is 396 g/mol. The number of ether oxygens (including phenoxy) is 3. The SMILES string of the molecule is CC1(C)OC(CO)C(C)(COC2(C)OC(CO)C(O)C(O)C2O)C(O)C1O. The van der Waals surface area contributed by atoms with Crippen molar-refractivity contribution in [2.24, 2.45) is 5.41 Å². The fourth-order valence-corrected chi connectivity index (χ4v) is 3.65. The average molecular weight is 396 g/mol. The third-order valence-corrected chi connectivity index (χ3v) is 5.86. The number of aliphatic hydroxyl groups is 7. The van der Waals surface area contributed by atoms with Gasteiger partial charge in [-0.3, -0.25) is 0 Å². The Morgan fingerprint density at radius 2 is 1.37 bits per heavy atom. The molecule has 0 aliphatic carbocycles. The molecule has 7 N–H and O–H groups in total. The third-order valence-electron chi connectivity index (χ3n) is 5.86. The highest BCUT2D eigenvalue weighted by molar-refractivity contribution is 5.04. The molecule has 2 saturated heterocycles. The fraction of sp³-hybridized carbons (Fsp3) is 1.00. The van der Waals surface area contributed by atoms with E-state index in [9.17, 15) is 35.7 Å². The zero-order valence-corrected chi connectivity index (χ0v) is 16.0. The van der Waals surface area contributed by atoms with Crippen LogP contribution in [-0.2, 0) is 14.2 Å². The van der Waals surface area contributed by atoms with Crippen molar-refractivity contribution in [2.45, 2.75) is 81.8 Å². The topological polar surface area (TPSA) is 169 Å². The first-order valence-electron chi connectivity index (χ1n) is 8.95. The summed E-state index contributed by atoms with van der Waals surface area (Å²) in [4.78, 5) is 0. The Hall–Kier alpha value is -0.400. The summed E-state index contributed by atoms with van der Waals surface area (Å²) in [5, 5.41) is 70.2. The van der Waals surface area contributed by atoms with E-state index in [2.05, 4.69) is 0 Å². The third kappa shape index (κ3) is 3.88. The lowest BCUT2D eigenvalue weighted by molar-refractivity contribution is -0.372. The van der Waals surface area contributed by atoms with Gasteiger partial charge in [0.05, 0.1) is 37.6 Å². The minimum Gasteiger partial charge on any atom is -0.394 e. The quantitative estimate of drug-likeness (QED) is 0.256. The summed E-state index contributed by atoms with van der Waals surface area (Å²) in [6, 6.07) is 0. The van der Waals surface area contributed by atoms with Gasteiger partial charge in [0.15, 0.2) is 5.79 Å². The standard InChI is InChI=1S/C17H32O10/c1-15(2)13(23)14(24)16(3,9(6-19)27-15)7-25-17(4)12(22)11(21)10(20)8(5-18)26-17/h8-14,18-24H,5-7H2,1-4H3. The van der Waals surface area contributed by atoms with Crippen molar-refractivity contribution in [2.75, 3.05) is 19.8 Å². The van der Waals surface area contributed by atoms with Crippen LogP contribution < -0.4 is 0 Å². The van der Waals surface area contributed by atoms with E-state index in [1.807, 2.05) is 0 Å². The first-order valence-corrected chi connectivity index (χ1v) is 8.95. The normalized spacial score (nSPS) is 50.6. The predicted octanol–water partition coefficient (Wildman–Crippen LogP) is -2.91. The van der Waals surface area contributed by atoms with Gasteiger partial charge in [0.1, 0.15) is 30.5 Å². The minimum absolute atomic E-state index is 0.318. The number of aliphatic hydroxyl groups excluding tert-OH is 7. The Morgan fingerprint density at radius 3 is 1.89 bits per heavy atom. The molecule has 0 spiro atoms. The molecular formula is C17H32O10. The molecule has 2 aliphatic heterocycles. The molecule has 9 unspecified atom stereocenters. The van der Waals surface area contributed by atoms with E-state index in [0.29, 0.717) is 0 Å². The van der Waals surface area contributed by atoms with E-state index in [4.69, 9.17) is 14.2 Å². The van der Waals surface area contributed by atoms with Crippen molar-refractivity contribution < 1.29 is 50.0 Å². The lowest BCUT2D eigenvalue weighted by atomic mass is 9.71. The molecule has 10 heteroatoms. The van der Waals surface area contributed by atoms with Gasteiger partial charge in [0.25, 0.3) is 0 Å². The minimum atomic E-state index is -1.81. The summed E-state index contributed by atoms with van der Waals surface area (Å²) in [6.45, 7) is 4.66. The van der Waals surface area contributed by atoms with Crippen LogP contribution in [0.25, 0.3) is 0 Å². The van der Waals surface area contributed by atoms with Crippen molar-refractivity contribution in [1.29, 1.82) is 0 Å². The number of hydrogen-bond acceptors (Lipinski definition) is 10. The second kappa shape index (κ2) is 7.79. The molecule has 9 atom stereocenters. The van der Waals surface area contributed by atoms with Crippen molar-refractivity contribution >= 4 is 0 Å². The second-order valence-corrected chi connectivity index (χ2v) is 8.36. The van der Waals surface area contributed by atoms with Crippen LogP contribution in [0.2, 0.25) is 0 Å². The summed E-state index contributed by atoms with van der Waals surface area (Å²) in [5.74, 6) is -1.81. The van der Waals surface area contributed by atoms with Gasteiger partial charge >= 0.3 is 0 Å². The van der Waals surface area contributed by atoms with Crippen molar-refractivity contribution in [3.8, 4) is 0 Å². The highest BCUT2D eigenvalue weighted by atomic mass is 16.7. The number of rotatable bonds is 5. The van der Waals surface area contributed by atoms with Crippen LogP contribution in [0.3, 0.4) is 0 Å². The zero-order chi connectivity index (χ0) is 20.8. The van der Waals surface area contributed by atoms with E-state index in [-0.39, 0.29) is 6.61 Å². The highest BCUT2D eigenvalue weighted by Gasteiger charge is 2.58. The van der Waals surface area contributed by atoms with Crippen molar-refractivity contribution in [1.82, 2.24) is 0 Å². The Labute approximate surface area is 157 Å². The van der Waals surface area contributed by atoms with Crippen LogP contribution >= 0.6 is 0 Å². The molecule has 0 aromatic rings. The maximum Gasteiger partial charge on any atom is 0.194 e. The van der Waals surface area contributed by atoms with E-state index in [1.54, 1.807) is 20.8 Å². The van der Waals surface area contributed by atoms with E-state index in [0.717, 1.165) is 0 Å². The Balaban J connectivity index is 2.22. The van der Waals surface area contributed by atoms with Gasteiger partial charge < -0.3 is 50.0 Å². The zero-order valence-electron chi connectivity index (χ0n) is 16.0. The first kappa shape index (κ1) is 22.9. The van der Waals surface area contributed by atoms with Crippen LogP contribution in [-0.4, -0.2) is 110 Å². The summed E-state index contributed by atoms with van der Waals surface area (Å²) in [6.07, 6.45) is -9.45. The Morgan fingerprint density at radius 1 is 0.778 bits per heavy atom. The molecule has 2 fully saturated rings. The summed E-state index contributed by atoms with van der Waals surface area (Å²) in [7, 11) is 0. The van der Waals surface area contributed by atoms with Gasteiger partial charge in [-0.25, -0.2) is 0 Å². The lowest BCUT2D eigenvalue weighted by Crippen LogP contribution is -2.68. The van der Waals surface area contributed by atoms with Gasteiger partial charge in [-0.1, -0.05) is 6.92 Å². The van der Waals surface area contributed by atoms with E-state index >= 15 is 0 Å². The molecule has 0 bridgehead atoms. The molecule has 2 heterocycles. The van der Waals surface area contributed by atoms with Crippen LogP contribution in [0, 0.1) is 5.41 Å². The largest absolute Gasteiger partial charge is 0.394 e. The molecule has 0 aromatic heterocycles. The molecule has 0 amide bonds. The first-order chi connectivity index (χ1) is 12.3. The lowest BCUT2D eigenvalue weighted by Gasteiger charge is -2.54. The molecule has 0 saturated carbocycles. The molecule has 0 radical (unpaired) electrons. The smallest absolute Gasteiger partial charge is 0.194 e. The summed E-state index contributed by atoms with van der Waals surface area (Å²) < 4.78 is 16.9. The number of hydrogen-bond donors (Lipinski definition) is 7. The van der Waals surface area contributed by atoms with Crippen molar-refractivity contribution in [3.63, 3.8) is 0 Å².